The molecule has 6 heteroatoms. The third kappa shape index (κ3) is 4.66. The molecule has 0 saturated carbocycles. The van der Waals surface area contributed by atoms with Crippen LogP contribution in [0.15, 0.2) is 49.1 Å². The molecule has 1 aromatic heterocycles. The molecule has 1 saturated heterocycles. The molecule has 1 aliphatic rings. The van der Waals surface area contributed by atoms with Crippen LogP contribution in [0, 0.1) is 5.92 Å². The Labute approximate surface area is 141 Å². The summed E-state index contributed by atoms with van der Waals surface area (Å²) in [6, 6.07) is 1.76. The van der Waals surface area contributed by atoms with Crippen molar-refractivity contribution in [3.63, 3.8) is 0 Å². The lowest BCUT2D eigenvalue weighted by molar-refractivity contribution is -0.121. The van der Waals surface area contributed by atoms with Gasteiger partial charge in [-0.05, 0) is 31.1 Å². The Kier molecular flexibility index (Phi) is 6.35. The van der Waals surface area contributed by atoms with Crippen LogP contribution in [0.2, 0.25) is 0 Å². The fourth-order valence-corrected chi connectivity index (χ4v) is 2.76. The number of carbonyl (C=O) groups is 1. The van der Waals surface area contributed by atoms with E-state index >= 15 is 0 Å². The quantitative estimate of drug-likeness (QED) is 0.639. The number of nitrogens with two attached hydrogens (primary N) is 1. The predicted molar refractivity (Wildman–Crippen MR) is 92.5 cm³/mol. The lowest BCUT2D eigenvalue weighted by Gasteiger charge is -2.33. The van der Waals surface area contributed by atoms with Crippen LogP contribution in [0.5, 0.6) is 0 Å². The number of likely N-dealkylation sites (tertiary alicyclic amines) is 1. The maximum atomic E-state index is 11.6. The average molecular weight is 333 g/mol. The molecule has 0 unspecified atom stereocenters. The number of allylic oxidation sites excluding steroid dienone is 3. The molecular formula is C17H21ClN4O. The number of hydrogen-bond donors (Lipinski definition) is 1. The topological polar surface area (TPSA) is 72.1 Å². The van der Waals surface area contributed by atoms with E-state index < -0.39 is 0 Å². The summed E-state index contributed by atoms with van der Waals surface area (Å²) >= 11 is 5.62. The van der Waals surface area contributed by atoms with Crippen LogP contribution in [0.3, 0.4) is 0 Å². The van der Waals surface area contributed by atoms with Gasteiger partial charge in [0.2, 0.25) is 0 Å². The van der Waals surface area contributed by atoms with Gasteiger partial charge in [-0.3, -0.25) is 4.79 Å². The lowest BCUT2D eigenvalue weighted by Crippen LogP contribution is -2.35. The number of carbonyl (C=O) groups excluding carboxylic acids is 1. The van der Waals surface area contributed by atoms with Crippen molar-refractivity contribution in [3.05, 3.63) is 54.9 Å². The number of Topliss-reactive ketones (excluding diaryl/α,β-unsaturated/α-hetero) is 1. The molecule has 5 nitrogen and oxygen atoms in total. The minimum absolute atomic E-state index is 0.0812. The predicted octanol–water partition coefficient (Wildman–Crippen LogP) is 2.37. The van der Waals surface area contributed by atoms with Gasteiger partial charge in [0.25, 0.3) is 0 Å². The molecule has 0 aliphatic carbocycles. The van der Waals surface area contributed by atoms with Crippen LogP contribution >= 0.6 is 11.6 Å². The zero-order valence-corrected chi connectivity index (χ0v) is 13.7. The number of nitrogens with zero attached hydrogens (tertiary/aromatic N) is 3. The van der Waals surface area contributed by atoms with E-state index in [0.717, 1.165) is 37.2 Å². The SMILES string of the molecule is C=C(/C=C\C(=C/N)c1ncccn1)N1CCC(C(=O)CCl)CC1. The van der Waals surface area contributed by atoms with Crippen molar-refractivity contribution >= 4 is 23.0 Å². The highest BCUT2D eigenvalue weighted by molar-refractivity contribution is 6.27. The minimum atomic E-state index is 0.0812. The van der Waals surface area contributed by atoms with Crippen LogP contribution in [0.1, 0.15) is 18.7 Å². The minimum Gasteiger partial charge on any atom is -0.404 e. The van der Waals surface area contributed by atoms with E-state index in [1.54, 1.807) is 18.5 Å². The third-order valence-electron chi connectivity index (χ3n) is 3.95. The Morgan fingerprint density at radius 1 is 1.35 bits per heavy atom. The second-order valence-electron chi connectivity index (χ2n) is 5.38. The van der Waals surface area contributed by atoms with Crippen molar-refractivity contribution in [2.75, 3.05) is 19.0 Å². The summed E-state index contributed by atoms with van der Waals surface area (Å²) < 4.78 is 0. The van der Waals surface area contributed by atoms with Crippen LogP contribution in [-0.2, 0) is 4.79 Å². The highest BCUT2D eigenvalue weighted by Crippen LogP contribution is 2.22. The standard InChI is InChI=1S/C17H21ClN4O/c1-13(22-9-5-14(6-10-22)16(23)11-18)3-4-15(12-19)17-20-7-2-8-21-17/h2-4,7-8,12,14H,1,5-6,9-11,19H2/b4-3-,15-12+. The first-order valence-corrected chi connectivity index (χ1v) is 8.09. The maximum Gasteiger partial charge on any atom is 0.160 e. The van der Waals surface area contributed by atoms with Crippen LogP contribution in [0.25, 0.3) is 5.57 Å². The van der Waals surface area contributed by atoms with Crippen LogP contribution < -0.4 is 5.73 Å². The molecule has 2 heterocycles. The van der Waals surface area contributed by atoms with E-state index in [1.165, 1.54) is 6.20 Å². The summed E-state index contributed by atoms with van der Waals surface area (Å²) in [7, 11) is 0. The number of piperidine rings is 1. The summed E-state index contributed by atoms with van der Waals surface area (Å²) in [5, 5.41) is 0. The Balaban J connectivity index is 1.93. The summed E-state index contributed by atoms with van der Waals surface area (Å²) in [5.74, 6) is 0.901. The normalized spacial score (nSPS) is 16.7. The van der Waals surface area contributed by atoms with Crippen molar-refractivity contribution in [1.29, 1.82) is 0 Å². The van der Waals surface area contributed by atoms with E-state index in [2.05, 4.69) is 21.4 Å². The van der Waals surface area contributed by atoms with Gasteiger partial charge in [-0.2, -0.15) is 0 Å². The van der Waals surface area contributed by atoms with Crippen molar-refractivity contribution < 1.29 is 4.79 Å². The van der Waals surface area contributed by atoms with Crippen molar-refractivity contribution in [2.24, 2.45) is 11.7 Å². The molecule has 2 rings (SSSR count). The smallest absolute Gasteiger partial charge is 0.160 e. The molecule has 2 N–H and O–H groups in total. The van der Waals surface area contributed by atoms with Gasteiger partial charge in [0, 0.05) is 48.9 Å². The Hall–Kier alpha value is -2.14. The number of hydrogen-bond acceptors (Lipinski definition) is 5. The first-order valence-electron chi connectivity index (χ1n) is 7.55. The molecule has 0 radical (unpaired) electrons. The third-order valence-corrected chi connectivity index (χ3v) is 4.21. The molecule has 0 spiro atoms. The van der Waals surface area contributed by atoms with E-state index in [1.807, 2.05) is 12.2 Å². The number of alkyl halides is 1. The van der Waals surface area contributed by atoms with Crippen molar-refractivity contribution in [1.82, 2.24) is 14.9 Å². The van der Waals surface area contributed by atoms with Gasteiger partial charge in [-0.1, -0.05) is 6.58 Å². The number of aromatic nitrogens is 2. The molecule has 0 atom stereocenters. The number of rotatable bonds is 6. The molecule has 23 heavy (non-hydrogen) atoms. The highest BCUT2D eigenvalue weighted by atomic mass is 35.5. The van der Waals surface area contributed by atoms with Gasteiger partial charge < -0.3 is 10.6 Å². The van der Waals surface area contributed by atoms with Crippen molar-refractivity contribution in [3.8, 4) is 0 Å². The van der Waals surface area contributed by atoms with Gasteiger partial charge >= 0.3 is 0 Å². The first-order chi connectivity index (χ1) is 11.2. The van der Waals surface area contributed by atoms with E-state index in [0.29, 0.717) is 5.82 Å². The molecule has 1 aromatic rings. The molecule has 1 fully saturated rings. The van der Waals surface area contributed by atoms with E-state index in [4.69, 9.17) is 17.3 Å². The van der Waals surface area contributed by atoms with Crippen molar-refractivity contribution in [2.45, 2.75) is 12.8 Å². The summed E-state index contributed by atoms with van der Waals surface area (Å²) in [5.41, 5.74) is 7.27. The summed E-state index contributed by atoms with van der Waals surface area (Å²) in [6.45, 7) is 5.70. The molecule has 1 aliphatic heterocycles. The van der Waals surface area contributed by atoms with Crippen LogP contribution in [-0.4, -0.2) is 39.6 Å². The molecule has 0 amide bonds. The fourth-order valence-electron chi connectivity index (χ4n) is 2.54. The zero-order chi connectivity index (χ0) is 16.7. The average Bonchev–Trinajstić information content (AvgIpc) is 2.62. The fraction of sp³-hybridized carbons (Fsp3) is 0.353. The highest BCUT2D eigenvalue weighted by Gasteiger charge is 2.24. The Morgan fingerprint density at radius 2 is 2.00 bits per heavy atom. The zero-order valence-electron chi connectivity index (χ0n) is 13.0. The largest absolute Gasteiger partial charge is 0.404 e. The second-order valence-corrected chi connectivity index (χ2v) is 5.65. The molecule has 0 bridgehead atoms. The molecule has 122 valence electrons. The Bertz CT molecular complexity index is 604. The van der Waals surface area contributed by atoms with Gasteiger partial charge in [-0.15, -0.1) is 11.6 Å². The monoisotopic (exact) mass is 332 g/mol. The Morgan fingerprint density at radius 3 is 2.57 bits per heavy atom. The first kappa shape index (κ1) is 17.2. The second kappa shape index (κ2) is 8.48. The van der Waals surface area contributed by atoms with Crippen LogP contribution in [0.4, 0.5) is 0 Å². The number of ketones is 1. The summed E-state index contributed by atoms with van der Waals surface area (Å²) in [4.78, 5) is 22.1. The van der Waals surface area contributed by atoms with E-state index in [-0.39, 0.29) is 17.6 Å². The maximum absolute atomic E-state index is 11.6. The van der Waals surface area contributed by atoms with Gasteiger partial charge in [0.1, 0.15) is 0 Å². The lowest BCUT2D eigenvalue weighted by atomic mass is 9.93. The van der Waals surface area contributed by atoms with Gasteiger partial charge in [0.05, 0.1) is 5.88 Å². The summed E-state index contributed by atoms with van der Waals surface area (Å²) in [6.07, 6.45) is 10.2. The molecule has 0 aromatic carbocycles. The van der Waals surface area contributed by atoms with Gasteiger partial charge in [-0.25, -0.2) is 9.97 Å². The number of halogens is 1. The van der Waals surface area contributed by atoms with E-state index in [9.17, 15) is 4.79 Å². The van der Waals surface area contributed by atoms with Gasteiger partial charge in [0.15, 0.2) is 11.6 Å². The molecular weight excluding hydrogens is 312 g/mol.